The van der Waals surface area contributed by atoms with Gasteiger partial charge in [0.15, 0.2) is 0 Å². The highest BCUT2D eigenvalue weighted by Gasteiger charge is 2.53. The monoisotopic (exact) mass is 298 g/mol. The molecule has 3 heteroatoms. The van der Waals surface area contributed by atoms with Crippen molar-refractivity contribution in [1.82, 2.24) is 10.0 Å². The van der Waals surface area contributed by atoms with Crippen LogP contribution in [0.3, 0.4) is 0 Å². The van der Waals surface area contributed by atoms with E-state index in [1.165, 1.54) is 69.2 Å². The van der Waals surface area contributed by atoms with Crippen molar-refractivity contribution >= 4 is 0 Å². The number of hydrogen-bond donors (Lipinski definition) is 1. The lowest BCUT2D eigenvalue weighted by atomic mass is 9.60. The molecule has 5 rings (SSSR count). The third-order valence-electron chi connectivity index (χ3n) is 6.66. The Morgan fingerprint density at radius 3 is 2.91 bits per heavy atom. The van der Waals surface area contributed by atoms with E-state index < -0.39 is 0 Å². The van der Waals surface area contributed by atoms with Crippen molar-refractivity contribution in [2.75, 3.05) is 13.1 Å². The minimum Gasteiger partial charge on any atom is -0.508 e. The van der Waals surface area contributed by atoms with Crippen LogP contribution >= 0.6 is 0 Å². The summed E-state index contributed by atoms with van der Waals surface area (Å²) in [5.41, 5.74) is 3.24. The van der Waals surface area contributed by atoms with Crippen LogP contribution in [0, 0.1) is 5.92 Å². The summed E-state index contributed by atoms with van der Waals surface area (Å²) in [6.45, 7) is 3.54. The highest BCUT2D eigenvalue weighted by Crippen LogP contribution is 2.53. The number of rotatable bonds is 2. The zero-order valence-corrected chi connectivity index (χ0v) is 13.3. The van der Waals surface area contributed by atoms with Gasteiger partial charge < -0.3 is 5.11 Å². The van der Waals surface area contributed by atoms with Gasteiger partial charge in [0.2, 0.25) is 0 Å². The van der Waals surface area contributed by atoms with Crippen LogP contribution in [-0.2, 0) is 12.0 Å². The summed E-state index contributed by atoms with van der Waals surface area (Å²) < 4.78 is 0. The van der Waals surface area contributed by atoms with Crippen molar-refractivity contribution in [2.24, 2.45) is 5.92 Å². The number of nitrogens with zero attached hydrogens (tertiary/aromatic N) is 2. The average molecular weight is 298 g/mol. The van der Waals surface area contributed by atoms with Gasteiger partial charge in [-0.3, -0.25) is 0 Å². The number of phenolic OH excluding ortho intramolecular Hbond substituents is 1. The summed E-state index contributed by atoms with van der Waals surface area (Å²) in [5.74, 6) is 1.41. The fraction of sp³-hybridized carbons (Fsp3) is 0.684. The molecule has 2 aliphatic carbocycles. The highest BCUT2D eigenvalue weighted by atomic mass is 16.3. The number of phenols is 1. The van der Waals surface area contributed by atoms with Crippen LogP contribution in [0.15, 0.2) is 18.2 Å². The Kier molecular flexibility index (Phi) is 2.87. The maximum atomic E-state index is 10.0. The molecule has 3 atom stereocenters. The quantitative estimate of drug-likeness (QED) is 0.906. The second-order valence-electron chi connectivity index (χ2n) is 7.96. The molecule has 2 heterocycles. The molecule has 4 aliphatic rings. The van der Waals surface area contributed by atoms with Crippen molar-refractivity contribution in [1.29, 1.82) is 0 Å². The van der Waals surface area contributed by atoms with Crippen molar-refractivity contribution in [3.8, 4) is 5.75 Å². The van der Waals surface area contributed by atoms with E-state index in [9.17, 15) is 5.11 Å². The van der Waals surface area contributed by atoms with Gasteiger partial charge in [0, 0.05) is 31.1 Å². The van der Waals surface area contributed by atoms with Crippen LogP contribution in [0.4, 0.5) is 0 Å². The third kappa shape index (κ3) is 1.88. The Hall–Kier alpha value is -1.06. The molecule has 0 amide bonds. The van der Waals surface area contributed by atoms with Crippen LogP contribution in [0.25, 0.3) is 0 Å². The lowest BCUT2D eigenvalue weighted by Crippen LogP contribution is -2.66. The Morgan fingerprint density at radius 1 is 1.14 bits per heavy atom. The summed E-state index contributed by atoms with van der Waals surface area (Å²) in [4.78, 5) is 0. The first kappa shape index (κ1) is 13.4. The molecule has 0 spiro atoms. The zero-order valence-electron chi connectivity index (χ0n) is 13.3. The molecule has 2 aliphatic heterocycles. The molecule has 1 aromatic carbocycles. The molecular formula is C19H26N2O. The van der Waals surface area contributed by atoms with Crippen LogP contribution in [-0.4, -0.2) is 34.3 Å². The number of hydrazine groups is 1. The van der Waals surface area contributed by atoms with E-state index in [1.807, 2.05) is 6.07 Å². The topological polar surface area (TPSA) is 26.7 Å². The molecule has 1 saturated heterocycles. The van der Waals surface area contributed by atoms with Gasteiger partial charge in [-0.2, -0.15) is 0 Å². The normalized spacial score (nSPS) is 37.5. The molecular weight excluding hydrogens is 272 g/mol. The number of fused-ring (bicyclic) bond motifs is 1. The van der Waals surface area contributed by atoms with Crippen LogP contribution in [0.1, 0.15) is 56.1 Å². The van der Waals surface area contributed by atoms with Crippen LogP contribution in [0.2, 0.25) is 0 Å². The molecule has 3 nitrogen and oxygen atoms in total. The predicted octanol–water partition coefficient (Wildman–Crippen LogP) is 3.42. The van der Waals surface area contributed by atoms with Gasteiger partial charge in [0.05, 0.1) is 0 Å². The first-order valence-electron chi connectivity index (χ1n) is 9.10. The van der Waals surface area contributed by atoms with Gasteiger partial charge in [-0.15, -0.1) is 0 Å². The van der Waals surface area contributed by atoms with Crippen molar-refractivity contribution < 1.29 is 5.11 Å². The minimum atomic E-state index is 0.310. The molecule has 2 bridgehead atoms. The van der Waals surface area contributed by atoms with E-state index in [4.69, 9.17) is 0 Å². The van der Waals surface area contributed by atoms with Gasteiger partial charge >= 0.3 is 0 Å². The molecule has 1 aromatic rings. The van der Waals surface area contributed by atoms with Gasteiger partial charge in [-0.1, -0.05) is 18.9 Å². The summed E-state index contributed by atoms with van der Waals surface area (Å²) in [6, 6.07) is 6.80. The Labute approximate surface area is 132 Å². The molecule has 118 valence electrons. The fourth-order valence-electron chi connectivity index (χ4n) is 5.40. The lowest BCUT2D eigenvalue weighted by Gasteiger charge is -2.60. The summed E-state index contributed by atoms with van der Waals surface area (Å²) >= 11 is 0. The van der Waals surface area contributed by atoms with E-state index in [0.29, 0.717) is 17.2 Å². The van der Waals surface area contributed by atoms with E-state index in [-0.39, 0.29) is 0 Å². The molecule has 1 N–H and O–H groups in total. The molecule has 0 aromatic heterocycles. The summed E-state index contributed by atoms with van der Waals surface area (Å²) in [5, 5.41) is 15.4. The smallest absolute Gasteiger partial charge is 0.115 e. The molecule has 22 heavy (non-hydrogen) atoms. The van der Waals surface area contributed by atoms with Crippen LogP contribution in [0.5, 0.6) is 5.75 Å². The Balaban J connectivity index is 1.58. The Morgan fingerprint density at radius 2 is 2.05 bits per heavy atom. The van der Waals surface area contributed by atoms with E-state index in [2.05, 4.69) is 22.2 Å². The Bertz CT molecular complexity index is 597. The van der Waals surface area contributed by atoms with E-state index >= 15 is 0 Å². The maximum Gasteiger partial charge on any atom is 0.115 e. The average Bonchev–Trinajstić information content (AvgIpc) is 3.35. The summed E-state index contributed by atoms with van der Waals surface area (Å²) in [6.07, 6.45) is 9.50. The number of benzene rings is 1. The number of hydrogen-bond acceptors (Lipinski definition) is 3. The minimum absolute atomic E-state index is 0.310. The van der Waals surface area contributed by atoms with E-state index in [0.717, 1.165) is 12.5 Å². The van der Waals surface area contributed by atoms with Gasteiger partial charge in [-0.25, -0.2) is 10.0 Å². The first-order valence-corrected chi connectivity index (χ1v) is 9.10. The van der Waals surface area contributed by atoms with E-state index in [1.54, 1.807) is 0 Å². The molecule has 2 saturated carbocycles. The summed E-state index contributed by atoms with van der Waals surface area (Å²) in [7, 11) is 0. The van der Waals surface area contributed by atoms with Crippen molar-refractivity contribution in [3.63, 3.8) is 0 Å². The fourth-order valence-corrected chi connectivity index (χ4v) is 5.40. The second-order valence-corrected chi connectivity index (χ2v) is 7.96. The largest absolute Gasteiger partial charge is 0.508 e. The molecule has 3 fully saturated rings. The highest BCUT2D eigenvalue weighted by molar-refractivity contribution is 5.44. The number of aromatic hydroxyl groups is 1. The zero-order chi connectivity index (χ0) is 14.7. The second kappa shape index (κ2) is 4.72. The van der Waals surface area contributed by atoms with Crippen molar-refractivity contribution in [3.05, 3.63) is 29.3 Å². The third-order valence-corrected chi connectivity index (χ3v) is 6.66. The van der Waals surface area contributed by atoms with Gasteiger partial charge in [0.25, 0.3) is 0 Å². The predicted molar refractivity (Wildman–Crippen MR) is 86.5 cm³/mol. The van der Waals surface area contributed by atoms with Crippen molar-refractivity contribution in [2.45, 2.75) is 62.9 Å². The first-order chi connectivity index (χ1) is 10.8. The lowest BCUT2D eigenvalue weighted by molar-refractivity contribution is -0.154. The molecule has 0 unspecified atom stereocenters. The van der Waals surface area contributed by atoms with Gasteiger partial charge in [-0.05, 0) is 61.3 Å². The SMILES string of the molecule is Oc1ccc2c(c1)[C@@]13CCCC[C@H]1[N@@](C2)N(CC1CC1)CC3. The van der Waals surface area contributed by atoms with Crippen LogP contribution < -0.4 is 0 Å². The maximum absolute atomic E-state index is 10.0. The van der Waals surface area contributed by atoms with Gasteiger partial charge in [0.1, 0.15) is 5.75 Å². The standard InChI is InChI=1S/C19H26N2O/c22-16-7-6-15-13-21-18-3-1-2-8-19(18,17(15)11-16)9-10-20(21)12-14-4-5-14/h6-7,11,14,18,22H,1-5,8-10,12-13H2/t18-,19+/m1/s1. The molecule has 0 radical (unpaired) electrons.